The van der Waals surface area contributed by atoms with E-state index in [0.29, 0.717) is 31.1 Å². The largest absolute Gasteiger partial charge is 0.490 e. The number of para-hydroxylation sites is 1. The van der Waals surface area contributed by atoms with Gasteiger partial charge in [-0.25, -0.2) is 0 Å². The van der Waals surface area contributed by atoms with Crippen LogP contribution in [0.15, 0.2) is 24.3 Å². The lowest BCUT2D eigenvalue weighted by molar-refractivity contribution is -0.141. The van der Waals surface area contributed by atoms with E-state index in [9.17, 15) is 9.59 Å². The van der Waals surface area contributed by atoms with Crippen LogP contribution in [0, 0.1) is 0 Å². The first-order valence-electron chi connectivity index (χ1n) is 8.59. The number of carboxylic acids is 1. The predicted octanol–water partition coefficient (Wildman–Crippen LogP) is 1.56. The van der Waals surface area contributed by atoms with Crippen LogP contribution in [0.4, 0.5) is 0 Å². The molecule has 2 aliphatic rings. The normalized spacial score (nSPS) is 23.4. The van der Waals surface area contributed by atoms with Gasteiger partial charge in [0.1, 0.15) is 12.4 Å². The van der Waals surface area contributed by atoms with Crippen molar-refractivity contribution in [2.45, 2.75) is 31.5 Å². The fraction of sp³-hybridized carbons (Fsp3) is 0.556. The van der Waals surface area contributed by atoms with Gasteiger partial charge in [-0.05, 0) is 25.0 Å². The number of hydrogen-bond acceptors (Lipinski definition) is 5. The van der Waals surface area contributed by atoms with Crippen LogP contribution in [-0.4, -0.2) is 67.0 Å². The summed E-state index contributed by atoms with van der Waals surface area (Å²) in [4.78, 5) is 25.4. The highest BCUT2D eigenvalue weighted by Gasteiger charge is 2.28. The molecule has 7 heteroatoms. The quantitative estimate of drug-likeness (QED) is 0.839. The van der Waals surface area contributed by atoms with Crippen molar-refractivity contribution in [3.63, 3.8) is 0 Å². The summed E-state index contributed by atoms with van der Waals surface area (Å²) in [6.07, 6.45) is 1.49. The molecular weight excluding hydrogens is 326 g/mol. The Morgan fingerprint density at radius 3 is 2.76 bits per heavy atom. The Balaban J connectivity index is 1.65. The van der Waals surface area contributed by atoms with E-state index in [0.717, 1.165) is 19.4 Å². The highest BCUT2D eigenvalue weighted by molar-refractivity contribution is 5.97. The molecule has 0 aromatic heterocycles. The van der Waals surface area contributed by atoms with Gasteiger partial charge in [0.05, 0.1) is 30.8 Å². The van der Waals surface area contributed by atoms with Gasteiger partial charge in [0.2, 0.25) is 0 Å². The number of aliphatic carboxylic acids is 1. The summed E-state index contributed by atoms with van der Waals surface area (Å²) >= 11 is 0. The van der Waals surface area contributed by atoms with Crippen LogP contribution in [0.5, 0.6) is 5.75 Å². The van der Waals surface area contributed by atoms with Crippen molar-refractivity contribution in [3.05, 3.63) is 29.8 Å². The molecule has 0 spiro atoms. The topological polar surface area (TPSA) is 85.3 Å². The van der Waals surface area contributed by atoms with Gasteiger partial charge in [-0.1, -0.05) is 12.1 Å². The minimum absolute atomic E-state index is 0.0755. The Morgan fingerprint density at radius 1 is 1.20 bits per heavy atom. The fourth-order valence-corrected chi connectivity index (χ4v) is 3.12. The van der Waals surface area contributed by atoms with Crippen molar-refractivity contribution in [2.75, 3.05) is 32.9 Å². The van der Waals surface area contributed by atoms with E-state index in [2.05, 4.69) is 0 Å². The molecule has 1 aromatic carbocycles. The van der Waals surface area contributed by atoms with Gasteiger partial charge in [-0.3, -0.25) is 9.59 Å². The SMILES string of the molecule is O=C(O)C[C@H]1CN(C(=O)c2ccccc2OC[C@H]2CCCO2)CCO1. The molecule has 0 saturated carbocycles. The first-order chi connectivity index (χ1) is 12.1. The Hall–Kier alpha value is -2.12. The van der Waals surface area contributed by atoms with Crippen LogP contribution < -0.4 is 4.74 Å². The average Bonchev–Trinajstić information content (AvgIpc) is 3.13. The molecule has 136 valence electrons. The van der Waals surface area contributed by atoms with Crippen LogP contribution in [0.3, 0.4) is 0 Å². The number of ether oxygens (including phenoxy) is 3. The number of hydrogen-bond donors (Lipinski definition) is 1. The number of amides is 1. The maximum absolute atomic E-state index is 12.9. The smallest absolute Gasteiger partial charge is 0.306 e. The van der Waals surface area contributed by atoms with Crippen molar-refractivity contribution >= 4 is 11.9 Å². The number of rotatable bonds is 6. The van der Waals surface area contributed by atoms with Crippen molar-refractivity contribution in [3.8, 4) is 5.75 Å². The van der Waals surface area contributed by atoms with Crippen molar-refractivity contribution in [2.24, 2.45) is 0 Å². The summed E-state index contributed by atoms with van der Waals surface area (Å²) in [5, 5.41) is 8.91. The van der Waals surface area contributed by atoms with Gasteiger partial charge < -0.3 is 24.2 Å². The summed E-state index contributed by atoms with van der Waals surface area (Å²) in [5.74, 6) is -0.564. The summed E-state index contributed by atoms with van der Waals surface area (Å²) in [7, 11) is 0. The molecule has 1 amide bonds. The molecule has 25 heavy (non-hydrogen) atoms. The van der Waals surface area contributed by atoms with Crippen LogP contribution in [-0.2, 0) is 14.3 Å². The lowest BCUT2D eigenvalue weighted by Gasteiger charge is -2.32. The second-order valence-corrected chi connectivity index (χ2v) is 6.28. The standard InChI is InChI=1S/C18H23NO6/c20-17(21)10-14-11-19(7-9-24-14)18(22)15-5-1-2-6-16(15)25-12-13-4-3-8-23-13/h1-2,5-6,13-14H,3-4,7-12H2,(H,20,21)/t13-,14+/m1/s1. The van der Waals surface area contributed by atoms with Gasteiger partial charge in [-0.2, -0.15) is 0 Å². The lowest BCUT2D eigenvalue weighted by atomic mass is 10.1. The molecule has 7 nitrogen and oxygen atoms in total. The molecule has 2 aliphatic heterocycles. The molecule has 2 atom stereocenters. The third-order valence-electron chi connectivity index (χ3n) is 4.39. The minimum Gasteiger partial charge on any atom is -0.490 e. The Labute approximate surface area is 146 Å². The third kappa shape index (κ3) is 4.70. The molecule has 2 heterocycles. The van der Waals surface area contributed by atoms with E-state index in [1.807, 2.05) is 6.07 Å². The van der Waals surface area contributed by atoms with E-state index in [-0.39, 0.29) is 25.0 Å². The lowest BCUT2D eigenvalue weighted by Crippen LogP contribution is -2.46. The number of carbonyl (C=O) groups excluding carboxylic acids is 1. The molecule has 0 bridgehead atoms. The second kappa shape index (κ2) is 8.31. The zero-order valence-electron chi connectivity index (χ0n) is 14.1. The molecule has 2 saturated heterocycles. The van der Waals surface area contributed by atoms with Crippen LogP contribution in [0.1, 0.15) is 29.6 Å². The molecule has 3 rings (SSSR count). The minimum atomic E-state index is -0.931. The highest BCUT2D eigenvalue weighted by Crippen LogP contribution is 2.23. The Bertz CT molecular complexity index is 613. The third-order valence-corrected chi connectivity index (χ3v) is 4.39. The van der Waals surface area contributed by atoms with E-state index in [1.165, 1.54) is 0 Å². The zero-order valence-corrected chi connectivity index (χ0v) is 14.1. The Kier molecular flexibility index (Phi) is 5.88. The number of nitrogens with zero attached hydrogens (tertiary/aromatic N) is 1. The van der Waals surface area contributed by atoms with E-state index >= 15 is 0 Å². The molecule has 1 aromatic rings. The molecule has 0 unspecified atom stereocenters. The van der Waals surface area contributed by atoms with E-state index < -0.39 is 12.1 Å². The summed E-state index contributed by atoms with van der Waals surface area (Å²) in [6, 6.07) is 7.13. The summed E-state index contributed by atoms with van der Waals surface area (Å²) in [5.41, 5.74) is 0.483. The zero-order chi connectivity index (χ0) is 17.6. The monoisotopic (exact) mass is 349 g/mol. The maximum Gasteiger partial charge on any atom is 0.306 e. The number of benzene rings is 1. The first kappa shape index (κ1) is 17.7. The Morgan fingerprint density at radius 2 is 2.00 bits per heavy atom. The van der Waals surface area contributed by atoms with E-state index in [4.69, 9.17) is 19.3 Å². The summed E-state index contributed by atoms with van der Waals surface area (Å²) in [6.45, 7) is 2.23. The fourth-order valence-electron chi connectivity index (χ4n) is 3.12. The molecule has 0 aliphatic carbocycles. The highest BCUT2D eigenvalue weighted by atomic mass is 16.5. The second-order valence-electron chi connectivity index (χ2n) is 6.28. The van der Waals surface area contributed by atoms with Gasteiger partial charge in [-0.15, -0.1) is 0 Å². The number of morpholine rings is 1. The number of carboxylic acid groups (broad SMARTS) is 1. The average molecular weight is 349 g/mol. The summed E-state index contributed by atoms with van der Waals surface area (Å²) < 4.78 is 16.8. The van der Waals surface area contributed by atoms with Crippen molar-refractivity contribution in [1.82, 2.24) is 4.90 Å². The molecule has 2 fully saturated rings. The van der Waals surface area contributed by atoms with Crippen LogP contribution in [0.25, 0.3) is 0 Å². The van der Waals surface area contributed by atoms with Gasteiger partial charge in [0, 0.05) is 19.7 Å². The van der Waals surface area contributed by atoms with Crippen LogP contribution >= 0.6 is 0 Å². The van der Waals surface area contributed by atoms with Gasteiger partial charge in [0.25, 0.3) is 5.91 Å². The van der Waals surface area contributed by atoms with E-state index in [1.54, 1.807) is 23.1 Å². The predicted molar refractivity (Wildman–Crippen MR) is 88.8 cm³/mol. The van der Waals surface area contributed by atoms with Crippen molar-refractivity contribution < 1.29 is 28.9 Å². The van der Waals surface area contributed by atoms with Crippen LogP contribution in [0.2, 0.25) is 0 Å². The van der Waals surface area contributed by atoms with Crippen molar-refractivity contribution in [1.29, 1.82) is 0 Å². The van der Waals surface area contributed by atoms with Gasteiger partial charge >= 0.3 is 5.97 Å². The molecule has 1 N–H and O–H groups in total. The first-order valence-corrected chi connectivity index (χ1v) is 8.59. The van der Waals surface area contributed by atoms with Gasteiger partial charge in [0.15, 0.2) is 0 Å². The molecule has 0 radical (unpaired) electrons. The molecular formula is C18H23NO6. The maximum atomic E-state index is 12.9. The number of carbonyl (C=O) groups is 2.